The molecule has 2 unspecified atom stereocenters. The summed E-state index contributed by atoms with van der Waals surface area (Å²) in [7, 11) is 0. The number of piperazine rings is 1. The van der Waals surface area contributed by atoms with Gasteiger partial charge in [0.05, 0.1) is 5.60 Å². The molecule has 0 amide bonds. The molecule has 0 aliphatic carbocycles. The van der Waals surface area contributed by atoms with E-state index < -0.39 is 0 Å². The van der Waals surface area contributed by atoms with Crippen molar-refractivity contribution in [2.24, 2.45) is 0 Å². The van der Waals surface area contributed by atoms with E-state index in [9.17, 15) is 0 Å². The van der Waals surface area contributed by atoms with Crippen LogP contribution in [0.25, 0.3) is 0 Å². The van der Waals surface area contributed by atoms with Crippen LogP contribution in [-0.2, 0) is 4.74 Å². The lowest BCUT2D eigenvalue weighted by atomic mass is 9.91. The van der Waals surface area contributed by atoms with Crippen LogP contribution in [-0.4, -0.2) is 48.8 Å². The van der Waals surface area contributed by atoms with Crippen molar-refractivity contribution in [2.75, 3.05) is 26.2 Å². The molecule has 0 radical (unpaired) electrons. The van der Waals surface area contributed by atoms with Gasteiger partial charge in [-0.15, -0.1) is 0 Å². The molecule has 3 nitrogen and oxygen atoms in total. The summed E-state index contributed by atoms with van der Waals surface area (Å²) >= 11 is 0. The largest absolute Gasteiger partial charge is 0.375 e. The maximum Gasteiger partial charge on any atom is 0.0641 e. The zero-order valence-corrected chi connectivity index (χ0v) is 10.3. The van der Waals surface area contributed by atoms with E-state index in [4.69, 9.17) is 4.74 Å². The summed E-state index contributed by atoms with van der Waals surface area (Å²) in [6.45, 7) is 11.2. The summed E-state index contributed by atoms with van der Waals surface area (Å²) in [4.78, 5) is 2.67. The highest BCUT2D eigenvalue weighted by Gasteiger charge is 2.34. The van der Waals surface area contributed by atoms with Crippen LogP contribution in [0.3, 0.4) is 0 Å². The minimum Gasteiger partial charge on any atom is -0.375 e. The first kappa shape index (κ1) is 11.4. The molecule has 88 valence electrons. The van der Waals surface area contributed by atoms with Crippen molar-refractivity contribution >= 4 is 0 Å². The van der Waals surface area contributed by atoms with Crippen LogP contribution in [0, 0.1) is 0 Å². The molecule has 15 heavy (non-hydrogen) atoms. The summed E-state index contributed by atoms with van der Waals surface area (Å²) < 4.78 is 5.78. The average Bonchev–Trinajstić information content (AvgIpc) is 2.17. The van der Waals surface area contributed by atoms with Gasteiger partial charge >= 0.3 is 0 Å². The number of rotatable bonds is 1. The SMILES string of the molecule is CC1CNCCN1C1CCOC(C)(C)C1. The molecule has 0 aromatic heterocycles. The molecule has 0 aromatic carbocycles. The Bertz CT molecular complexity index is 218. The molecule has 2 aliphatic heterocycles. The highest BCUT2D eigenvalue weighted by atomic mass is 16.5. The van der Waals surface area contributed by atoms with E-state index in [2.05, 4.69) is 31.0 Å². The van der Waals surface area contributed by atoms with Gasteiger partial charge in [-0.3, -0.25) is 4.90 Å². The van der Waals surface area contributed by atoms with Crippen molar-refractivity contribution in [3.63, 3.8) is 0 Å². The van der Waals surface area contributed by atoms with Gasteiger partial charge in [0, 0.05) is 38.3 Å². The Morgan fingerprint density at radius 2 is 2.20 bits per heavy atom. The van der Waals surface area contributed by atoms with Crippen LogP contribution in [0.15, 0.2) is 0 Å². The van der Waals surface area contributed by atoms with E-state index in [1.165, 1.54) is 19.4 Å². The van der Waals surface area contributed by atoms with Crippen LogP contribution >= 0.6 is 0 Å². The predicted octanol–water partition coefficient (Wildman–Crippen LogP) is 1.24. The average molecular weight is 212 g/mol. The molecule has 0 saturated carbocycles. The van der Waals surface area contributed by atoms with Gasteiger partial charge in [0.15, 0.2) is 0 Å². The Balaban J connectivity index is 1.96. The lowest BCUT2D eigenvalue weighted by Gasteiger charge is -2.45. The Morgan fingerprint density at radius 1 is 1.40 bits per heavy atom. The van der Waals surface area contributed by atoms with Gasteiger partial charge < -0.3 is 10.1 Å². The normalized spacial score (nSPS) is 37.8. The van der Waals surface area contributed by atoms with Crippen molar-refractivity contribution < 1.29 is 4.74 Å². The third-order valence-corrected chi connectivity index (χ3v) is 3.69. The predicted molar refractivity (Wildman–Crippen MR) is 62.1 cm³/mol. The molecule has 2 aliphatic rings. The Kier molecular flexibility index (Phi) is 3.33. The zero-order valence-electron chi connectivity index (χ0n) is 10.3. The minimum absolute atomic E-state index is 0.0769. The Hall–Kier alpha value is -0.120. The van der Waals surface area contributed by atoms with Crippen molar-refractivity contribution in [1.29, 1.82) is 0 Å². The summed E-state index contributed by atoms with van der Waals surface area (Å²) in [5, 5.41) is 3.45. The molecule has 2 atom stereocenters. The van der Waals surface area contributed by atoms with Crippen LogP contribution in [0.5, 0.6) is 0 Å². The third kappa shape index (κ3) is 2.71. The maximum atomic E-state index is 5.78. The van der Waals surface area contributed by atoms with Gasteiger partial charge in [-0.25, -0.2) is 0 Å². The van der Waals surface area contributed by atoms with Gasteiger partial charge in [-0.1, -0.05) is 0 Å². The highest BCUT2D eigenvalue weighted by Crippen LogP contribution is 2.28. The van der Waals surface area contributed by atoms with Crippen molar-refractivity contribution in [1.82, 2.24) is 10.2 Å². The molecular formula is C12H24N2O. The number of nitrogens with zero attached hydrogens (tertiary/aromatic N) is 1. The first-order valence-corrected chi connectivity index (χ1v) is 6.19. The van der Waals surface area contributed by atoms with Crippen molar-refractivity contribution in [3.05, 3.63) is 0 Å². The van der Waals surface area contributed by atoms with Gasteiger partial charge in [0.25, 0.3) is 0 Å². The molecular weight excluding hydrogens is 188 g/mol. The fraction of sp³-hybridized carbons (Fsp3) is 1.00. The lowest BCUT2D eigenvalue weighted by Crippen LogP contribution is -2.56. The van der Waals surface area contributed by atoms with E-state index in [0.29, 0.717) is 6.04 Å². The number of hydrogen-bond donors (Lipinski definition) is 1. The second kappa shape index (κ2) is 4.40. The van der Waals surface area contributed by atoms with E-state index in [-0.39, 0.29) is 5.60 Å². The monoisotopic (exact) mass is 212 g/mol. The topological polar surface area (TPSA) is 24.5 Å². The number of ether oxygens (including phenoxy) is 1. The third-order valence-electron chi connectivity index (χ3n) is 3.69. The summed E-state index contributed by atoms with van der Waals surface area (Å²) in [6.07, 6.45) is 2.38. The highest BCUT2D eigenvalue weighted by molar-refractivity contribution is 4.89. The minimum atomic E-state index is 0.0769. The van der Waals surface area contributed by atoms with Crippen LogP contribution < -0.4 is 5.32 Å². The van der Waals surface area contributed by atoms with Crippen molar-refractivity contribution in [2.45, 2.75) is 51.3 Å². The zero-order chi connectivity index (χ0) is 10.9. The first-order chi connectivity index (χ1) is 7.08. The van der Waals surface area contributed by atoms with Crippen LogP contribution in [0.4, 0.5) is 0 Å². The molecule has 2 fully saturated rings. The van der Waals surface area contributed by atoms with Gasteiger partial charge in [0.2, 0.25) is 0 Å². The smallest absolute Gasteiger partial charge is 0.0641 e. The van der Waals surface area contributed by atoms with Crippen molar-refractivity contribution in [3.8, 4) is 0 Å². The fourth-order valence-electron chi connectivity index (χ4n) is 2.88. The van der Waals surface area contributed by atoms with Crippen LogP contribution in [0.2, 0.25) is 0 Å². The Morgan fingerprint density at radius 3 is 2.87 bits per heavy atom. The number of nitrogens with one attached hydrogen (secondary N) is 1. The molecule has 2 saturated heterocycles. The van der Waals surface area contributed by atoms with E-state index in [1.807, 2.05) is 0 Å². The molecule has 1 N–H and O–H groups in total. The standard InChI is InChI=1S/C12H24N2O/c1-10-9-13-5-6-14(10)11-4-7-15-12(2,3)8-11/h10-11,13H,4-9H2,1-3H3. The molecule has 0 spiro atoms. The molecule has 3 heteroatoms. The quantitative estimate of drug-likeness (QED) is 0.708. The molecule has 0 aromatic rings. The summed E-state index contributed by atoms with van der Waals surface area (Å²) in [5.74, 6) is 0. The second-order valence-corrected chi connectivity index (χ2v) is 5.55. The van der Waals surface area contributed by atoms with E-state index >= 15 is 0 Å². The second-order valence-electron chi connectivity index (χ2n) is 5.55. The molecule has 0 bridgehead atoms. The molecule has 2 rings (SSSR count). The van der Waals surface area contributed by atoms with Gasteiger partial charge in [-0.2, -0.15) is 0 Å². The summed E-state index contributed by atoms with van der Waals surface area (Å²) in [5.41, 5.74) is 0.0769. The number of hydrogen-bond acceptors (Lipinski definition) is 3. The van der Waals surface area contributed by atoms with Gasteiger partial charge in [-0.05, 0) is 33.6 Å². The maximum absolute atomic E-state index is 5.78. The van der Waals surface area contributed by atoms with E-state index in [1.54, 1.807) is 0 Å². The van der Waals surface area contributed by atoms with Gasteiger partial charge in [0.1, 0.15) is 0 Å². The van der Waals surface area contributed by atoms with E-state index in [0.717, 1.165) is 25.7 Å². The van der Waals surface area contributed by atoms with Crippen LogP contribution in [0.1, 0.15) is 33.6 Å². The lowest BCUT2D eigenvalue weighted by molar-refractivity contribution is -0.0902. The summed E-state index contributed by atoms with van der Waals surface area (Å²) in [6, 6.07) is 1.41. The fourth-order valence-corrected chi connectivity index (χ4v) is 2.88. The first-order valence-electron chi connectivity index (χ1n) is 6.19. The Labute approximate surface area is 93.2 Å². The molecule has 2 heterocycles.